The van der Waals surface area contributed by atoms with Crippen molar-refractivity contribution in [3.8, 4) is 0 Å². The van der Waals surface area contributed by atoms with E-state index in [9.17, 15) is 5.11 Å². The Morgan fingerprint density at radius 3 is 2.72 bits per heavy atom. The van der Waals surface area contributed by atoms with Crippen molar-refractivity contribution in [2.24, 2.45) is 0 Å². The van der Waals surface area contributed by atoms with Gasteiger partial charge in [0.15, 0.2) is 0 Å². The Balaban J connectivity index is 2.63. The summed E-state index contributed by atoms with van der Waals surface area (Å²) in [5, 5.41) is 10.4. The third-order valence-electron chi connectivity index (χ3n) is 3.30. The molecule has 0 aromatic carbocycles. The van der Waals surface area contributed by atoms with Gasteiger partial charge in [-0.2, -0.15) is 4.98 Å². The van der Waals surface area contributed by atoms with E-state index in [0.717, 1.165) is 29.6 Å². The molecule has 18 heavy (non-hydrogen) atoms. The molecule has 2 aromatic rings. The minimum absolute atomic E-state index is 0.137. The zero-order chi connectivity index (χ0) is 13.1. The number of aromatic nitrogens is 3. The molecule has 0 atom stereocenters. The van der Waals surface area contributed by atoms with Gasteiger partial charge in [0.25, 0.3) is 0 Å². The minimum atomic E-state index is 0.137. The topological polar surface area (TPSA) is 50.9 Å². The normalized spacial score (nSPS) is 11.6. The molecule has 2 rings (SSSR count). The van der Waals surface area contributed by atoms with Gasteiger partial charge in [-0.3, -0.25) is 0 Å². The van der Waals surface area contributed by atoms with E-state index in [-0.39, 0.29) is 11.9 Å². The first-order chi connectivity index (χ1) is 8.71. The predicted octanol–water partition coefficient (Wildman–Crippen LogP) is 2.98. The number of hydrogen-bond acceptors (Lipinski definition) is 3. The Morgan fingerprint density at radius 1 is 1.39 bits per heavy atom. The third-order valence-corrected chi connectivity index (χ3v) is 3.48. The Labute approximate surface area is 112 Å². The van der Waals surface area contributed by atoms with E-state index in [1.807, 2.05) is 6.07 Å². The molecule has 0 aliphatic carbocycles. The van der Waals surface area contributed by atoms with Crippen LogP contribution in [0.2, 0.25) is 5.28 Å². The van der Waals surface area contributed by atoms with Gasteiger partial charge in [0, 0.05) is 36.3 Å². The van der Waals surface area contributed by atoms with E-state index in [1.54, 1.807) is 6.20 Å². The van der Waals surface area contributed by atoms with Gasteiger partial charge in [-0.05, 0) is 30.5 Å². The molecule has 98 valence electrons. The summed E-state index contributed by atoms with van der Waals surface area (Å²) in [7, 11) is 0. The van der Waals surface area contributed by atoms with Gasteiger partial charge < -0.3 is 9.67 Å². The van der Waals surface area contributed by atoms with Crippen LogP contribution in [0.25, 0.3) is 11.0 Å². The van der Waals surface area contributed by atoms with Crippen molar-refractivity contribution in [1.29, 1.82) is 0 Å². The first kappa shape index (κ1) is 13.3. The molecule has 0 saturated carbocycles. The van der Waals surface area contributed by atoms with Crippen molar-refractivity contribution >= 4 is 22.6 Å². The Morgan fingerprint density at radius 2 is 2.11 bits per heavy atom. The lowest BCUT2D eigenvalue weighted by molar-refractivity contribution is 0.294. The first-order valence-electron chi connectivity index (χ1n) is 6.34. The van der Waals surface area contributed by atoms with Gasteiger partial charge in [-0.1, -0.05) is 13.8 Å². The lowest BCUT2D eigenvalue weighted by Gasteiger charge is -2.19. The molecule has 2 heterocycles. The van der Waals surface area contributed by atoms with E-state index in [4.69, 9.17) is 11.6 Å². The molecule has 1 N–H and O–H groups in total. The maximum atomic E-state index is 9.18. The first-order valence-corrected chi connectivity index (χ1v) is 6.72. The fourth-order valence-electron chi connectivity index (χ4n) is 2.41. The highest BCUT2D eigenvalue weighted by Gasteiger charge is 2.16. The van der Waals surface area contributed by atoms with Crippen LogP contribution in [0, 0.1) is 0 Å². The quantitative estimate of drug-likeness (QED) is 0.848. The molecule has 0 aliphatic rings. The average Bonchev–Trinajstić information content (AvgIpc) is 2.70. The maximum absolute atomic E-state index is 9.18. The van der Waals surface area contributed by atoms with E-state index in [1.165, 1.54) is 0 Å². The number of halogens is 1. The van der Waals surface area contributed by atoms with Crippen LogP contribution in [0.4, 0.5) is 0 Å². The monoisotopic (exact) mass is 267 g/mol. The second-order valence-electron chi connectivity index (χ2n) is 4.37. The number of rotatable bonds is 5. The van der Waals surface area contributed by atoms with Crippen LogP contribution in [0.1, 0.15) is 38.4 Å². The number of hydrogen-bond donors (Lipinski definition) is 1. The van der Waals surface area contributed by atoms with Crippen molar-refractivity contribution in [2.75, 3.05) is 6.61 Å². The van der Waals surface area contributed by atoms with Gasteiger partial charge in [0.1, 0.15) is 5.65 Å². The van der Waals surface area contributed by atoms with Gasteiger partial charge in [0.05, 0.1) is 0 Å². The summed E-state index contributed by atoms with van der Waals surface area (Å²) < 4.78 is 2.19. The highest BCUT2D eigenvalue weighted by molar-refractivity contribution is 6.28. The van der Waals surface area contributed by atoms with Crippen LogP contribution < -0.4 is 0 Å². The van der Waals surface area contributed by atoms with Crippen LogP contribution in [-0.2, 0) is 6.42 Å². The van der Waals surface area contributed by atoms with Crippen molar-refractivity contribution in [1.82, 2.24) is 14.5 Å². The second-order valence-corrected chi connectivity index (χ2v) is 4.71. The molecule has 0 radical (unpaired) electrons. The summed E-state index contributed by atoms with van der Waals surface area (Å²) in [6.45, 7) is 4.45. The van der Waals surface area contributed by atoms with E-state index >= 15 is 0 Å². The Hall–Kier alpha value is -1.13. The maximum Gasteiger partial charge on any atom is 0.224 e. The van der Waals surface area contributed by atoms with Crippen molar-refractivity contribution in [3.05, 3.63) is 23.2 Å². The van der Waals surface area contributed by atoms with Crippen LogP contribution in [0.3, 0.4) is 0 Å². The van der Waals surface area contributed by atoms with E-state index in [2.05, 4.69) is 28.4 Å². The fourth-order valence-corrected chi connectivity index (χ4v) is 2.54. The number of aliphatic hydroxyl groups excluding tert-OH is 1. The highest BCUT2D eigenvalue weighted by atomic mass is 35.5. The molecule has 0 spiro atoms. The average molecular weight is 268 g/mol. The molecule has 0 fully saturated rings. The SMILES string of the molecule is CCC(CC)n1c(CCO)cc2cnc(Cl)nc21. The summed E-state index contributed by atoms with van der Waals surface area (Å²) in [4.78, 5) is 8.34. The summed E-state index contributed by atoms with van der Waals surface area (Å²) in [6.07, 6.45) is 4.43. The second kappa shape index (κ2) is 5.67. The summed E-state index contributed by atoms with van der Waals surface area (Å²) in [6, 6.07) is 2.43. The Kier molecular flexibility index (Phi) is 4.19. The minimum Gasteiger partial charge on any atom is -0.396 e. The molecular weight excluding hydrogens is 250 g/mol. The van der Waals surface area contributed by atoms with Crippen LogP contribution >= 0.6 is 11.6 Å². The lowest BCUT2D eigenvalue weighted by Crippen LogP contribution is -2.12. The number of aliphatic hydroxyl groups is 1. The smallest absolute Gasteiger partial charge is 0.224 e. The van der Waals surface area contributed by atoms with Crippen molar-refractivity contribution in [3.63, 3.8) is 0 Å². The molecule has 0 aliphatic heterocycles. The van der Waals surface area contributed by atoms with Crippen molar-refractivity contribution < 1.29 is 5.11 Å². The zero-order valence-electron chi connectivity index (χ0n) is 10.7. The standard InChI is InChI=1S/C13H18ClN3O/c1-3-10(4-2)17-11(5-6-18)7-9-8-15-13(14)16-12(9)17/h7-8,10,18H,3-6H2,1-2H3. The van der Waals surface area contributed by atoms with Gasteiger partial charge in [0.2, 0.25) is 5.28 Å². The Bertz CT molecular complexity index is 534. The molecule has 0 amide bonds. The molecule has 0 saturated heterocycles. The third kappa shape index (κ3) is 2.35. The fraction of sp³-hybridized carbons (Fsp3) is 0.538. The van der Waals surface area contributed by atoms with E-state index in [0.29, 0.717) is 12.5 Å². The van der Waals surface area contributed by atoms with Gasteiger partial charge >= 0.3 is 0 Å². The highest BCUT2D eigenvalue weighted by Crippen LogP contribution is 2.27. The largest absolute Gasteiger partial charge is 0.396 e. The van der Waals surface area contributed by atoms with Crippen LogP contribution in [-0.4, -0.2) is 26.2 Å². The molecule has 2 aromatic heterocycles. The molecule has 4 nitrogen and oxygen atoms in total. The number of fused-ring (bicyclic) bond motifs is 1. The van der Waals surface area contributed by atoms with E-state index < -0.39 is 0 Å². The predicted molar refractivity (Wildman–Crippen MR) is 72.9 cm³/mol. The van der Waals surface area contributed by atoms with Crippen LogP contribution in [0.5, 0.6) is 0 Å². The summed E-state index contributed by atoms with van der Waals surface area (Å²) in [5.74, 6) is 0. The molecule has 0 bridgehead atoms. The summed E-state index contributed by atoms with van der Waals surface area (Å²) in [5.41, 5.74) is 1.96. The van der Waals surface area contributed by atoms with Crippen molar-refractivity contribution in [2.45, 2.75) is 39.2 Å². The number of nitrogens with zero attached hydrogens (tertiary/aromatic N) is 3. The van der Waals surface area contributed by atoms with Gasteiger partial charge in [-0.25, -0.2) is 4.98 Å². The molecule has 0 unspecified atom stereocenters. The summed E-state index contributed by atoms with van der Waals surface area (Å²) >= 11 is 5.88. The molecule has 5 heteroatoms. The van der Waals surface area contributed by atoms with Gasteiger partial charge in [-0.15, -0.1) is 0 Å². The lowest BCUT2D eigenvalue weighted by atomic mass is 10.1. The molecular formula is C13H18ClN3O. The van der Waals surface area contributed by atoms with Crippen LogP contribution in [0.15, 0.2) is 12.3 Å². The zero-order valence-corrected chi connectivity index (χ0v) is 11.5.